The van der Waals surface area contributed by atoms with Crippen molar-refractivity contribution in [2.45, 2.75) is 31.7 Å². The fourth-order valence-electron chi connectivity index (χ4n) is 2.21. The summed E-state index contributed by atoms with van der Waals surface area (Å²) in [6, 6.07) is 6.61. The number of nitrogens with zero attached hydrogens (tertiary/aromatic N) is 2. The normalized spacial score (nSPS) is 16.9. The van der Waals surface area contributed by atoms with E-state index >= 15 is 0 Å². The Morgan fingerprint density at radius 3 is 2.50 bits per heavy atom. The van der Waals surface area contributed by atoms with Crippen LogP contribution in [-0.2, 0) is 0 Å². The number of hydrogen-bond acceptors (Lipinski definition) is 2. The van der Waals surface area contributed by atoms with Crippen molar-refractivity contribution in [1.29, 1.82) is 0 Å². The van der Waals surface area contributed by atoms with Crippen LogP contribution in [0.25, 0.3) is 0 Å². The van der Waals surface area contributed by atoms with Gasteiger partial charge in [-0.25, -0.2) is 15.2 Å². The van der Waals surface area contributed by atoms with E-state index in [1.165, 1.54) is 25.0 Å². The Morgan fingerprint density at radius 1 is 1.33 bits per heavy atom. The molecule has 0 saturated heterocycles. The van der Waals surface area contributed by atoms with Crippen molar-refractivity contribution < 1.29 is 4.39 Å². The molecular formula is C13H19FN4. The second-order valence-corrected chi connectivity index (χ2v) is 4.57. The van der Waals surface area contributed by atoms with E-state index < -0.39 is 0 Å². The van der Waals surface area contributed by atoms with E-state index in [0.717, 1.165) is 18.5 Å². The van der Waals surface area contributed by atoms with Crippen LogP contribution in [0.3, 0.4) is 0 Å². The maximum absolute atomic E-state index is 12.9. The Kier molecular flexibility index (Phi) is 4.15. The molecule has 1 aromatic rings. The first-order valence-electron chi connectivity index (χ1n) is 6.24. The first kappa shape index (κ1) is 12.8. The second kappa shape index (κ2) is 5.82. The Hall–Kier alpha value is -1.62. The van der Waals surface area contributed by atoms with Crippen LogP contribution < -0.4 is 16.2 Å². The van der Waals surface area contributed by atoms with Gasteiger partial charge in [-0.1, -0.05) is 12.8 Å². The number of anilines is 1. The summed E-state index contributed by atoms with van der Waals surface area (Å²) in [7, 11) is 1.86. The molecule has 0 bridgehead atoms. The Morgan fingerprint density at radius 2 is 1.94 bits per heavy atom. The highest BCUT2D eigenvalue weighted by molar-refractivity contribution is 5.95. The summed E-state index contributed by atoms with van der Waals surface area (Å²) in [6.45, 7) is 0. The molecule has 0 radical (unpaired) electrons. The standard InChI is InChI=1S/C13H19FN4/c1-18(12-8-6-10(14)7-9-12)13(17-15)16-11-4-2-3-5-11/h6-9,11H,2-5,15H2,1H3,(H,16,17). The quantitative estimate of drug-likeness (QED) is 0.365. The molecule has 5 heteroatoms. The fraction of sp³-hybridized carbons (Fsp3) is 0.462. The molecule has 1 aromatic carbocycles. The van der Waals surface area contributed by atoms with Gasteiger partial charge in [0, 0.05) is 12.7 Å². The van der Waals surface area contributed by atoms with E-state index in [9.17, 15) is 4.39 Å². The predicted molar refractivity (Wildman–Crippen MR) is 71.8 cm³/mol. The second-order valence-electron chi connectivity index (χ2n) is 4.57. The topological polar surface area (TPSA) is 53.6 Å². The molecule has 0 atom stereocenters. The van der Waals surface area contributed by atoms with Gasteiger partial charge < -0.3 is 4.90 Å². The van der Waals surface area contributed by atoms with Crippen LogP contribution in [0, 0.1) is 5.82 Å². The van der Waals surface area contributed by atoms with Crippen molar-refractivity contribution in [3.05, 3.63) is 30.1 Å². The maximum Gasteiger partial charge on any atom is 0.212 e. The van der Waals surface area contributed by atoms with Crippen molar-refractivity contribution in [3.63, 3.8) is 0 Å². The third-order valence-corrected chi connectivity index (χ3v) is 3.29. The van der Waals surface area contributed by atoms with Gasteiger partial charge in [-0.2, -0.15) is 0 Å². The van der Waals surface area contributed by atoms with E-state index in [4.69, 9.17) is 5.84 Å². The van der Waals surface area contributed by atoms with Gasteiger partial charge in [0.05, 0.1) is 6.04 Å². The molecule has 2 rings (SSSR count). The molecule has 0 amide bonds. The lowest BCUT2D eigenvalue weighted by Crippen LogP contribution is -2.43. The maximum atomic E-state index is 12.9. The summed E-state index contributed by atoms with van der Waals surface area (Å²) in [5.41, 5.74) is 3.48. The fourth-order valence-corrected chi connectivity index (χ4v) is 2.21. The molecule has 0 aliphatic heterocycles. The van der Waals surface area contributed by atoms with E-state index in [2.05, 4.69) is 10.4 Å². The van der Waals surface area contributed by atoms with Gasteiger partial charge in [-0.15, -0.1) is 0 Å². The molecule has 0 spiro atoms. The first-order valence-corrected chi connectivity index (χ1v) is 6.24. The Labute approximate surface area is 107 Å². The van der Waals surface area contributed by atoms with E-state index in [-0.39, 0.29) is 5.82 Å². The summed E-state index contributed by atoms with van der Waals surface area (Å²) in [5.74, 6) is 5.89. The van der Waals surface area contributed by atoms with Crippen LogP contribution in [-0.4, -0.2) is 19.0 Å². The summed E-state index contributed by atoms with van der Waals surface area (Å²) in [6.07, 6.45) is 4.68. The van der Waals surface area contributed by atoms with Gasteiger partial charge in [0.1, 0.15) is 5.82 Å². The molecule has 3 N–H and O–H groups in total. The third-order valence-electron chi connectivity index (χ3n) is 3.29. The number of benzene rings is 1. The molecule has 1 saturated carbocycles. The highest BCUT2D eigenvalue weighted by atomic mass is 19.1. The zero-order valence-corrected chi connectivity index (χ0v) is 10.6. The summed E-state index contributed by atoms with van der Waals surface area (Å²) in [4.78, 5) is 6.44. The first-order chi connectivity index (χ1) is 8.70. The molecule has 0 aromatic heterocycles. The predicted octanol–water partition coefficient (Wildman–Crippen LogP) is 2.02. The van der Waals surface area contributed by atoms with E-state index in [1.807, 2.05) is 11.9 Å². The Balaban J connectivity index is 2.13. The van der Waals surface area contributed by atoms with Gasteiger partial charge >= 0.3 is 0 Å². The van der Waals surface area contributed by atoms with Gasteiger partial charge in [0.25, 0.3) is 0 Å². The monoisotopic (exact) mass is 250 g/mol. The van der Waals surface area contributed by atoms with Crippen LogP contribution in [0.5, 0.6) is 0 Å². The summed E-state index contributed by atoms with van der Waals surface area (Å²) >= 11 is 0. The molecule has 18 heavy (non-hydrogen) atoms. The number of nitrogens with one attached hydrogen (secondary N) is 1. The zero-order chi connectivity index (χ0) is 13.0. The number of guanidine groups is 1. The van der Waals surface area contributed by atoms with Gasteiger partial charge in [0.2, 0.25) is 5.96 Å². The number of hydrazine groups is 1. The van der Waals surface area contributed by atoms with Crippen molar-refractivity contribution in [1.82, 2.24) is 5.43 Å². The number of aliphatic imine (C=N–C) groups is 1. The lowest BCUT2D eigenvalue weighted by atomic mass is 10.2. The van der Waals surface area contributed by atoms with Gasteiger partial charge in [-0.05, 0) is 37.1 Å². The average molecular weight is 250 g/mol. The van der Waals surface area contributed by atoms with Crippen LogP contribution in [0.1, 0.15) is 25.7 Å². The zero-order valence-electron chi connectivity index (χ0n) is 10.6. The van der Waals surface area contributed by atoms with Crippen molar-refractivity contribution in [2.75, 3.05) is 11.9 Å². The van der Waals surface area contributed by atoms with Crippen molar-refractivity contribution in [2.24, 2.45) is 10.8 Å². The lowest BCUT2D eigenvalue weighted by Gasteiger charge is -2.21. The number of hydrogen-bond donors (Lipinski definition) is 2. The van der Waals surface area contributed by atoms with Gasteiger partial charge in [0.15, 0.2) is 0 Å². The minimum atomic E-state index is -0.248. The van der Waals surface area contributed by atoms with Crippen LogP contribution in [0.2, 0.25) is 0 Å². The number of nitrogens with two attached hydrogens (primary N) is 1. The highest BCUT2D eigenvalue weighted by Crippen LogP contribution is 2.21. The minimum absolute atomic E-state index is 0.248. The molecule has 1 aliphatic carbocycles. The third kappa shape index (κ3) is 2.98. The molecular weight excluding hydrogens is 231 g/mol. The summed E-state index contributed by atoms with van der Waals surface area (Å²) in [5, 5.41) is 0. The van der Waals surface area contributed by atoms with E-state index in [0.29, 0.717) is 12.0 Å². The molecule has 4 nitrogen and oxygen atoms in total. The minimum Gasteiger partial charge on any atom is -0.315 e. The Bertz CT molecular complexity index is 410. The average Bonchev–Trinajstić information content (AvgIpc) is 2.89. The number of halogens is 1. The van der Waals surface area contributed by atoms with Crippen LogP contribution in [0.4, 0.5) is 10.1 Å². The molecule has 98 valence electrons. The highest BCUT2D eigenvalue weighted by Gasteiger charge is 2.16. The smallest absolute Gasteiger partial charge is 0.212 e. The molecule has 0 unspecified atom stereocenters. The molecule has 0 heterocycles. The van der Waals surface area contributed by atoms with Crippen molar-refractivity contribution in [3.8, 4) is 0 Å². The van der Waals surface area contributed by atoms with E-state index in [1.54, 1.807) is 12.1 Å². The summed E-state index contributed by atoms with van der Waals surface area (Å²) < 4.78 is 12.9. The van der Waals surface area contributed by atoms with Crippen molar-refractivity contribution >= 4 is 11.6 Å². The van der Waals surface area contributed by atoms with Crippen LogP contribution in [0.15, 0.2) is 29.3 Å². The SMILES string of the molecule is CN(C(=NC1CCCC1)NN)c1ccc(F)cc1. The largest absolute Gasteiger partial charge is 0.315 e. The number of rotatable bonds is 2. The lowest BCUT2D eigenvalue weighted by molar-refractivity contribution is 0.628. The van der Waals surface area contributed by atoms with Crippen LogP contribution >= 0.6 is 0 Å². The molecule has 1 fully saturated rings. The van der Waals surface area contributed by atoms with Gasteiger partial charge in [-0.3, -0.25) is 5.43 Å². The molecule has 1 aliphatic rings.